The third kappa shape index (κ3) is 5.22. The highest BCUT2D eigenvalue weighted by Gasteiger charge is 2.34. The molecule has 0 aromatic carbocycles. The van der Waals surface area contributed by atoms with E-state index in [1.54, 1.807) is 20.3 Å². The van der Waals surface area contributed by atoms with Crippen LogP contribution in [-0.2, 0) is 22.8 Å². The van der Waals surface area contributed by atoms with Gasteiger partial charge in [0.2, 0.25) is 11.9 Å². The molecule has 1 atom stereocenters. The molecule has 17 heteroatoms. The van der Waals surface area contributed by atoms with E-state index in [0.29, 0.717) is 35.6 Å². The third-order valence-corrected chi connectivity index (χ3v) is 8.26. The van der Waals surface area contributed by atoms with Gasteiger partial charge in [0.05, 0.1) is 43.0 Å². The maximum absolute atomic E-state index is 13.8. The molecule has 13 nitrogen and oxygen atoms in total. The molecule has 1 aliphatic carbocycles. The molecule has 1 amide bonds. The minimum absolute atomic E-state index is 0.00353. The Labute approximate surface area is 257 Å². The molecule has 1 saturated carbocycles. The number of alkyl halides is 3. The van der Waals surface area contributed by atoms with Crippen LogP contribution in [0.3, 0.4) is 0 Å². The summed E-state index contributed by atoms with van der Waals surface area (Å²) < 4.78 is 56.7. The van der Waals surface area contributed by atoms with Crippen LogP contribution < -0.4 is 20.5 Å². The monoisotopic (exact) mass is 643 g/mol. The van der Waals surface area contributed by atoms with Crippen LogP contribution >= 0.6 is 11.6 Å². The van der Waals surface area contributed by atoms with Crippen molar-refractivity contribution in [2.75, 3.05) is 30.5 Å². The Hall–Kier alpha value is -4.70. The molecule has 7 rings (SSSR count). The largest absolute Gasteiger partial charge is 0.450 e. The van der Waals surface area contributed by atoms with Crippen molar-refractivity contribution in [2.24, 2.45) is 13.0 Å². The fourth-order valence-electron chi connectivity index (χ4n) is 5.21. The second-order valence-electron chi connectivity index (χ2n) is 11.0. The van der Waals surface area contributed by atoms with Gasteiger partial charge in [-0.05, 0) is 25.3 Å². The summed E-state index contributed by atoms with van der Waals surface area (Å²) in [7, 11) is 3.24. The van der Waals surface area contributed by atoms with Crippen molar-refractivity contribution < 1.29 is 27.4 Å². The van der Waals surface area contributed by atoms with Gasteiger partial charge in [0, 0.05) is 32.8 Å². The molecule has 0 spiro atoms. The minimum Gasteiger partial charge on any atom is -0.450 e. The zero-order valence-electron chi connectivity index (χ0n) is 23.9. The van der Waals surface area contributed by atoms with Crippen molar-refractivity contribution in [1.82, 2.24) is 33.7 Å². The fourth-order valence-corrected chi connectivity index (χ4v) is 5.51. The molecule has 6 heterocycles. The number of aryl methyl sites for hydroxylation is 1. The van der Waals surface area contributed by atoms with Crippen molar-refractivity contribution in [2.45, 2.75) is 31.5 Å². The maximum atomic E-state index is 13.8. The molecule has 2 aliphatic rings. The van der Waals surface area contributed by atoms with E-state index in [1.807, 2.05) is 0 Å². The van der Waals surface area contributed by atoms with Gasteiger partial charge in [-0.1, -0.05) is 11.6 Å². The van der Waals surface area contributed by atoms with Crippen LogP contribution in [-0.4, -0.2) is 59.9 Å². The Morgan fingerprint density at radius 3 is 2.67 bits per heavy atom. The molecule has 1 unspecified atom stereocenters. The zero-order chi connectivity index (χ0) is 31.6. The molecule has 234 valence electrons. The summed E-state index contributed by atoms with van der Waals surface area (Å²) in [4.78, 5) is 40.2. The summed E-state index contributed by atoms with van der Waals surface area (Å²) >= 11 is 6.73. The van der Waals surface area contributed by atoms with E-state index >= 15 is 0 Å². The number of aromatic nitrogens is 7. The van der Waals surface area contributed by atoms with Crippen LogP contribution in [0.25, 0.3) is 16.7 Å². The SMILES string of the molecule is CN(C(=O)C1CC1)c1cn2ncc(Oc3cnc4nc(Nc5cc(C(F)(F)F)cn(C6CCOC6)c5=O)n(C)c4c3Cl)c2cn1. The average Bonchev–Trinajstić information content (AvgIpc) is 3.41. The van der Waals surface area contributed by atoms with Crippen LogP contribution in [0, 0.1) is 5.92 Å². The second-order valence-corrected chi connectivity index (χ2v) is 11.3. The average molecular weight is 644 g/mol. The minimum atomic E-state index is -4.69. The van der Waals surface area contributed by atoms with Crippen LogP contribution in [0.4, 0.5) is 30.6 Å². The Bertz CT molecular complexity index is 2030. The molecule has 0 radical (unpaired) electrons. The molecule has 1 saturated heterocycles. The number of fused-ring (bicyclic) bond motifs is 2. The molecule has 45 heavy (non-hydrogen) atoms. The molecule has 5 aromatic heterocycles. The molecule has 2 fully saturated rings. The van der Waals surface area contributed by atoms with Gasteiger partial charge in [0.1, 0.15) is 21.7 Å². The molecular weight excluding hydrogens is 619 g/mol. The molecule has 1 aliphatic heterocycles. The van der Waals surface area contributed by atoms with Gasteiger partial charge >= 0.3 is 6.18 Å². The van der Waals surface area contributed by atoms with Crippen molar-refractivity contribution in [3.8, 4) is 11.5 Å². The topological polar surface area (TPSA) is 134 Å². The van der Waals surface area contributed by atoms with Gasteiger partial charge in [-0.25, -0.2) is 14.5 Å². The Kier molecular flexibility index (Phi) is 6.92. The highest BCUT2D eigenvalue weighted by atomic mass is 35.5. The zero-order valence-corrected chi connectivity index (χ0v) is 24.6. The predicted octanol–water partition coefficient (Wildman–Crippen LogP) is 4.72. The lowest BCUT2D eigenvalue weighted by atomic mass is 10.2. The van der Waals surface area contributed by atoms with Crippen LogP contribution in [0.15, 0.2) is 41.8 Å². The van der Waals surface area contributed by atoms with Gasteiger partial charge in [-0.2, -0.15) is 23.3 Å². The van der Waals surface area contributed by atoms with E-state index in [-0.39, 0.29) is 46.5 Å². The molecule has 1 N–H and O–H groups in total. The smallest absolute Gasteiger partial charge is 0.417 e. The number of carbonyl (C=O) groups is 1. The number of rotatable bonds is 7. The summed E-state index contributed by atoms with van der Waals surface area (Å²) in [6.07, 6.45) is 4.25. The quantitative estimate of drug-likeness (QED) is 0.268. The second kappa shape index (κ2) is 10.7. The van der Waals surface area contributed by atoms with E-state index < -0.39 is 23.3 Å². The lowest BCUT2D eigenvalue weighted by Gasteiger charge is -2.18. The van der Waals surface area contributed by atoms with E-state index in [9.17, 15) is 22.8 Å². The first-order chi connectivity index (χ1) is 21.5. The number of imidazole rings is 1. The number of nitrogens with one attached hydrogen (secondary N) is 1. The van der Waals surface area contributed by atoms with E-state index in [1.165, 1.54) is 32.6 Å². The number of pyridine rings is 2. The lowest BCUT2D eigenvalue weighted by Crippen LogP contribution is -2.28. The van der Waals surface area contributed by atoms with Gasteiger partial charge in [0.25, 0.3) is 5.56 Å². The standard InChI is InChI=1S/C28H25ClF3N9O4/c1-38(25(42)14-3-4-14)21-12-41-18(8-33-21)19(10-35-41)45-20-9-34-24-23(22(20)29)39(2)27(37-24)36-17-7-15(28(30,31)32)11-40(26(17)43)16-5-6-44-13-16/h7-12,14,16H,3-6,13H2,1-2H3,(H,34,36,37). The van der Waals surface area contributed by atoms with Crippen molar-refractivity contribution >= 4 is 51.6 Å². The van der Waals surface area contributed by atoms with Crippen LogP contribution in [0.1, 0.15) is 30.9 Å². The van der Waals surface area contributed by atoms with Gasteiger partial charge in [-0.3, -0.25) is 14.5 Å². The lowest BCUT2D eigenvalue weighted by molar-refractivity contribution is -0.138. The fraction of sp³-hybridized carbons (Fsp3) is 0.357. The number of carbonyl (C=O) groups excluding carboxylic acids is 1. The number of anilines is 3. The number of ether oxygens (including phenoxy) is 2. The third-order valence-electron chi connectivity index (χ3n) is 7.90. The normalized spacial score (nSPS) is 16.9. The summed E-state index contributed by atoms with van der Waals surface area (Å²) in [5, 5.41) is 7.17. The number of hydrogen-bond acceptors (Lipinski definition) is 9. The van der Waals surface area contributed by atoms with E-state index in [2.05, 4.69) is 25.4 Å². The van der Waals surface area contributed by atoms with Gasteiger partial charge < -0.3 is 23.9 Å². The summed E-state index contributed by atoms with van der Waals surface area (Å²) in [6.45, 7) is 0.483. The van der Waals surface area contributed by atoms with Gasteiger partial charge in [-0.15, -0.1) is 0 Å². The summed E-state index contributed by atoms with van der Waals surface area (Å²) in [5.74, 6) is 0.987. The van der Waals surface area contributed by atoms with E-state index in [4.69, 9.17) is 21.1 Å². The van der Waals surface area contributed by atoms with Crippen molar-refractivity contribution in [1.29, 1.82) is 0 Å². The highest BCUT2D eigenvalue weighted by molar-refractivity contribution is 6.36. The van der Waals surface area contributed by atoms with Crippen molar-refractivity contribution in [3.63, 3.8) is 0 Å². The van der Waals surface area contributed by atoms with Crippen LogP contribution in [0.5, 0.6) is 11.5 Å². The summed E-state index contributed by atoms with van der Waals surface area (Å²) in [6, 6.07) is 0.228. The Morgan fingerprint density at radius 2 is 1.96 bits per heavy atom. The first-order valence-corrected chi connectivity index (χ1v) is 14.3. The number of hydrogen-bond donors (Lipinski definition) is 1. The molecule has 5 aromatic rings. The number of amides is 1. The first kappa shape index (κ1) is 29.0. The number of nitrogens with zero attached hydrogens (tertiary/aromatic N) is 8. The predicted molar refractivity (Wildman–Crippen MR) is 156 cm³/mol. The Balaban J connectivity index is 1.19. The Morgan fingerprint density at radius 1 is 1.16 bits per heavy atom. The first-order valence-electron chi connectivity index (χ1n) is 14.0. The maximum Gasteiger partial charge on any atom is 0.417 e. The number of halogens is 4. The highest BCUT2D eigenvalue weighted by Crippen LogP contribution is 2.38. The van der Waals surface area contributed by atoms with Crippen LogP contribution in [0.2, 0.25) is 5.02 Å². The summed E-state index contributed by atoms with van der Waals surface area (Å²) in [5.41, 5.74) is -0.970. The van der Waals surface area contributed by atoms with Crippen molar-refractivity contribution in [3.05, 3.63) is 58.0 Å². The van der Waals surface area contributed by atoms with E-state index in [0.717, 1.165) is 29.7 Å². The molecular formula is C28H25ClF3N9O4. The van der Waals surface area contributed by atoms with Gasteiger partial charge in [0.15, 0.2) is 23.0 Å². The molecule has 0 bridgehead atoms.